The van der Waals surface area contributed by atoms with Gasteiger partial charge in [-0.3, -0.25) is 4.68 Å². The minimum atomic E-state index is 0.0235. The van der Waals surface area contributed by atoms with Crippen molar-refractivity contribution in [1.82, 2.24) is 9.78 Å². The van der Waals surface area contributed by atoms with E-state index in [-0.39, 0.29) is 5.54 Å². The van der Waals surface area contributed by atoms with Crippen LogP contribution in [-0.4, -0.2) is 16.4 Å². The topological polar surface area (TPSA) is 39.1 Å². The van der Waals surface area contributed by atoms with E-state index in [1.54, 1.807) is 0 Å². The molecule has 0 unspecified atom stereocenters. The van der Waals surface area contributed by atoms with Crippen molar-refractivity contribution < 1.29 is 4.74 Å². The van der Waals surface area contributed by atoms with E-state index in [0.717, 1.165) is 18.8 Å². The van der Waals surface area contributed by atoms with Crippen LogP contribution in [0.15, 0.2) is 36.7 Å². The number of benzene rings is 1. The Morgan fingerprint density at radius 1 is 1.24 bits per heavy atom. The van der Waals surface area contributed by atoms with E-state index in [2.05, 4.69) is 61.6 Å². The molecule has 1 aromatic heterocycles. The molecule has 0 spiro atoms. The van der Waals surface area contributed by atoms with Gasteiger partial charge in [0.25, 0.3) is 0 Å². The molecule has 0 saturated heterocycles. The van der Waals surface area contributed by atoms with Crippen molar-refractivity contribution in [3.05, 3.63) is 47.8 Å². The Labute approximate surface area is 127 Å². The Morgan fingerprint density at radius 2 is 2.05 bits per heavy atom. The maximum Gasteiger partial charge on any atom is 0.0717 e. The summed E-state index contributed by atoms with van der Waals surface area (Å²) in [4.78, 5) is 0. The normalized spacial score (nSPS) is 11.6. The zero-order chi connectivity index (χ0) is 15.3. The van der Waals surface area contributed by atoms with E-state index in [0.29, 0.717) is 6.61 Å². The predicted octanol–water partition coefficient (Wildman–Crippen LogP) is 3.79. The maximum atomic E-state index is 5.44. The van der Waals surface area contributed by atoms with E-state index < -0.39 is 0 Å². The van der Waals surface area contributed by atoms with Gasteiger partial charge in [-0.05, 0) is 45.4 Å². The molecule has 4 nitrogen and oxygen atoms in total. The minimum Gasteiger partial charge on any atom is -0.381 e. The van der Waals surface area contributed by atoms with Crippen LogP contribution in [-0.2, 0) is 23.4 Å². The summed E-state index contributed by atoms with van der Waals surface area (Å²) >= 11 is 0. The van der Waals surface area contributed by atoms with Crippen molar-refractivity contribution in [2.24, 2.45) is 0 Å². The van der Waals surface area contributed by atoms with Crippen LogP contribution in [0, 0.1) is 0 Å². The summed E-state index contributed by atoms with van der Waals surface area (Å²) in [5, 5.41) is 7.85. The van der Waals surface area contributed by atoms with Gasteiger partial charge in [-0.1, -0.05) is 12.1 Å². The van der Waals surface area contributed by atoms with Crippen LogP contribution in [0.3, 0.4) is 0 Å². The third-order valence-corrected chi connectivity index (χ3v) is 3.22. The molecular formula is C17H25N3O. The molecule has 0 amide bonds. The van der Waals surface area contributed by atoms with Gasteiger partial charge in [0.05, 0.1) is 18.3 Å². The Balaban J connectivity index is 1.95. The van der Waals surface area contributed by atoms with Gasteiger partial charge in [0.2, 0.25) is 0 Å². The molecule has 0 aliphatic carbocycles. The summed E-state index contributed by atoms with van der Waals surface area (Å²) in [7, 11) is 0. The number of nitrogens with one attached hydrogen (secondary N) is 1. The summed E-state index contributed by atoms with van der Waals surface area (Å²) in [6.45, 7) is 10.6. The molecule has 0 radical (unpaired) electrons. The molecule has 0 saturated carbocycles. The number of hydrogen-bond donors (Lipinski definition) is 1. The van der Waals surface area contributed by atoms with Crippen LogP contribution in [0.1, 0.15) is 38.8 Å². The number of rotatable bonds is 6. The van der Waals surface area contributed by atoms with Gasteiger partial charge in [-0.15, -0.1) is 0 Å². The van der Waals surface area contributed by atoms with Crippen LogP contribution < -0.4 is 5.32 Å². The number of nitrogens with zero attached hydrogens (tertiary/aromatic N) is 2. The first-order chi connectivity index (χ1) is 9.99. The first-order valence-corrected chi connectivity index (χ1v) is 7.43. The Morgan fingerprint density at radius 3 is 2.71 bits per heavy atom. The number of ether oxygens (including phenoxy) is 1. The molecule has 4 heteroatoms. The van der Waals surface area contributed by atoms with Crippen molar-refractivity contribution in [3.8, 4) is 0 Å². The first-order valence-electron chi connectivity index (χ1n) is 7.43. The minimum absolute atomic E-state index is 0.0235. The highest BCUT2D eigenvalue weighted by molar-refractivity contribution is 5.45. The van der Waals surface area contributed by atoms with Gasteiger partial charge in [-0.25, -0.2) is 0 Å². The van der Waals surface area contributed by atoms with Crippen molar-refractivity contribution in [2.45, 2.75) is 46.4 Å². The van der Waals surface area contributed by atoms with E-state index in [1.165, 1.54) is 11.1 Å². The van der Waals surface area contributed by atoms with Crippen LogP contribution >= 0.6 is 0 Å². The lowest BCUT2D eigenvalue weighted by Gasteiger charge is -2.18. The molecule has 0 fully saturated rings. The van der Waals surface area contributed by atoms with Gasteiger partial charge in [0.1, 0.15) is 0 Å². The van der Waals surface area contributed by atoms with Gasteiger partial charge >= 0.3 is 0 Å². The second-order valence-corrected chi connectivity index (χ2v) is 6.16. The molecule has 2 rings (SSSR count). The fraction of sp³-hybridized carbons (Fsp3) is 0.471. The Kier molecular flexibility index (Phi) is 5.02. The standard InChI is InChI=1S/C17H25N3O/c1-5-21-13-14-7-6-8-16(9-14)18-10-15-11-19-20(12-15)17(2,3)4/h6-9,11-12,18H,5,10,13H2,1-4H3. The van der Waals surface area contributed by atoms with Crippen LogP contribution in [0.25, 0.3) is 0 Å². The fourth-order valence-corrected chi connectivity index (χ4v) is 2.01. The largest absolute Gasteiger partial charge is 0.381 e. The van der Waals surface area contributed by atoms with Crippen molar-refractivity contribution in [2.75, 3.05) is 11.9 Å². The van der Waals surface area contributed by atoms with E-state index >= 15 is 0 Å². The van der Waals surface area contributed by atoms with Crippen LogP contribution in [0.2, 0.25) is 0 Å². The van der Waals surface area contributed by atoms with Crippen molar-refractivity contribution in [1.29, 1.82) is 0 Å². The highest BCUT2D eigenvalue weighted by Crippen LogP contribution is 2.15. The summed E-state index contributed by atoms with van der Waals surface area (Å²) in [5.41, 5.74) is 3.50. The summed E-state index contributed by atoms with van der Waals surface area (Å²) < 4.78 is 7.43. The second-order valence-electron chi connectivity index (χ2n) is 6.16. The quantitative estimate of drug-likeness (QED) is 0.878. The first kappa shape index (κ1) is 15.6. The second kappa shape index (κ2) is 6.76. The molecule has 1 N–H and O–H groups in total. The summed E-state index contributed by atoms with van der Waals surface area (Å²) in [5.74, 6) is 0. The highest BCUT2D eigenvalue weighted by Gasteiger charge is 2.13. The molecule has 21 heavy (non-hydrogen) atoms. The molecular weight excluding hydrogens is 262 g/mol. The molecule has 0 aliphatic rings. The highest BCUT2D eigenvalue weighted by atomic mass is 16.5. The maximum absolute atomic E-state index is 5.44. The molecule has 0 atom stereocenters. The lowest BCUT2D eigenvalue weighted by molar-refractivity contribution is 0.134. The molecule has 1 aromatic carbocycles. The number of aromatic nitrogens is 2. The smallest absolute Gasteiger partial charge is 0.0717 e. The van der Waals surface area contributed by atoms with E-state index in [9.17, 15) is 0 Å². The average molecular weight is 287 g/mol. The third kappa shape index (κ3) is 4.60. The molecule has 2 aromatic rings. The van der Waals surface area contributed by atoms with E-state index in [4.69, 9.17) is 4.74 Å². The third-order valence-electron chi connectivity index (χ3n) is 3.22. The number of anilines is 1. The lowest BCUT2D eigenvalue weighted by Crippen LogP contribution is -2.21. The molecule has 1 heterocycles. The molecule has 114 valence electrons. The fourth-order valence-electron chi connectivity index (χ4n) is 2.01. The number of hydrogen-bond acceptors (Lipinski definition) is 3. The van der Waals surface area contributed by atoms with Gasteiger partial charge in [-0.2, -0.15) is 5.10 Å². The van der Waals surface area contributed by atoms with Gasteiger partial charge < -0.3 is 10.1 Å². The zero-order valence-electron chi connectivity index (χ0n) is 13.4. The SMILES string of the molecule is CCOCc1cccc(NCc2cnn(C(C)(C)C)c2)c1. The summed E-state index contributed by atoms with van der Waals surface area (Å²) in [6.07, 6.45) is 4.01. The van der Waals surface area contributed by atoms with E-state index in [1.807, 2.05) is 17.8 Å². The van der Waals surface area contributed by atoms with Gasteiger partial charge in [0, 0.05) is 30.6 Å². The van der Waals surface area contributed by atoms with Crippen molar-refractivity contribution >= 4 is 5.69 Å². The molecule has 0 aliphatic heterocycles. The molecule has 0 bridgehead atoms. The summed E-state index contributed by atoms with van der Waals surface area (Å²) in [6, 6.07) is 8.33. The zero-order valence-corrected chi connectivity index (χ0v) is 13.4. The monoisotopic (exact) mass is 287 g/mol. The average Bonchev–Trinajstić information content (AvgIpc) is 2.92. The van der Waals surface area contributed by atoms with Crippen LogP contribution in [0.4, 0.5) is 5.69 Å². The Hall–Kier alpha value is -1.81. The van der Waals surface area contributed by atoms with Gasteiger partial charge in [0.15, 0.2) is 0 Å². The van der Waals surface area contributed by atoms with Crippen LogP contribution in [0.5, 0.6) is 0 Å². The Bertz CT molecular complexity index is 569. The predicted molar refractivity (Wildman–Crippen MR) is 86.3 cm³/mol. The van der Waals surface area contributed by atoms with Crippen molar-refractivity contribution in [3.63, 3.8) is 0 Å². The lowest BCUT2D eigenvalue weighted by atomic mass is 10.1.